The Hall–Kier alpha value is -3.62. The van der Waals surface area contributed by atoms with E-state index in [1.54, 1.807) is 28.8 Å². The van der Waals surface area contributed by atoms with E-state index in [1.165, 1.54) is 0 Å². The molecule has 0 bridgehead atoms. The van der Waals surface area contributed by atoms with Gasteiger partial charge in [-0.2, -0.15) is 0 Å². The largest absolute Gasteiger partial charge is 0.322 e. The molecule has 1 aliphatic heterocycles. The Labute approximate surface area is 194 Å². The quantitative estimate of drug-likeness (QED) is 0.480. The van der Waals surface area contributed by atoms with Gasteiger partial charge in [-0.25, -0.2) is 8.93 Å². The summed E-state index contributed by atoms with van der Waals surface area (Å²) in [5.41, 5.74) is 5.76. The number of pyridine rings is 2. The fraction of sp³-hybridized carbons (Fsp3) is 0.160. The summed E-state index contributed by atoms with van der Waals surface area (Å²) in [6, 6.07) is 18.8. The second kappa shape index (κ2) is 9.09. The van der Waals surface area contributed by atoms with E-state index in [1.807, 2.05) is 55.5 Å². The number of aryl methyl sites for hydroxylation is 1. The molecule has 166 valence electrons. The van der Waals surface area contributed by atoms with Gasteiger partial charge < -0.3 is 5.32 Å². The molecule has 0 spiro atoms. The van der Waals surface area contributed by atoms with Crippen molar-refractivity contribution in [2.24, 2.45) is 0 Å². The molecule has 2 N–H and O–H groups in total. The molecule has 0 saturated carbocycles. The predicted molar refractivity (Wildman–Crippen MR) is 132 cm³/mol. The van der Waals surface area contributed by atoms with Gasteiger partial charge in [-0.05, 0) is 73.5 Å². The molecule has 3 heterocycles. The van der Waals surface area contributed by atoms with Gasteiger partial charge in [0.25, 0.3) is 5.91 Å². The molecular weight excluding hydrogens is 434 g/mol. The number of amides is 1. The van der Waals surface area contributed by atoms with Crippen molar-refractivity contribution in [2.45, 2.75) is 13.3 Å². The van der Waals surface area contributed by atoms with Gasteiger partial charge in [-0.1, -0.05) is 6.07 Å². The van der Waals surface area contributed by atoms with Gasteiger partial charge in [0.1, 0.15) is 0 Å². The maximum Gasteiger partial charge on any atom is 0.255 e. The second-order valence-corrected chi connectivity index (χ2v) is 9.09. The number of anilines is 2. The van der Waals surface area contributed by atoms with E-state index in [2.05, 4.69) is 20.0 Å². The van der Waals surface area contributed by atoms with Crippen molar-refractivity contribution in [3.63, 3.8) is 0 Å². The van der Waals surface area contributed by atoms with E-state index in [0.717, 1.165) is 52.9 Å². The summed E-state index contributed by atoms with van der Waals surface area (Å²) in [6.45, 7) is 3.48. The lowest BCUT2D eigenvalue weighted by Gasteiger charge is -2.27. The van der Waals surface area contributed by atoms with Crippen LogP contribution in [0.5, 0.6) is 0 Å². The molecule has 33 heavy (non-hydrogen) atoms. The number of aromatic nitrogens is 2. The van der Waals surface area contributed by atoms with Crippen molar-refractivity contribution in [2.75, 3.05) is 22.7 Å². The first-order valence-corrected chi connectivity index (χ1v) is 11.9. The van der Waals surface area contributed by atoms with Crippen molar-refractivity contribution in [3.05, 3.63) is 84.2 Å². The minimum absolute atomic E-state index is 0.207. The highest BCUT2D eigenvalue weighted by molar-refractivity contribution is 7.84. The van der Waals surface area contributed by atoms with Crippen LogP contribution in [0.25, 0.3) is 22.2 Å². The topological polar surface area (TPSA) is 87.2 Å². The molecule has 1 aliphatic rings. The maximum absolute atomic E-state index is 12.9. The normalized spacial score (nSPS) is 16.0. The number of rotatable bonds is 4. The van der Waals surface area contributed by atoms with Crippen molar-refractivity contribution in [1.29, 1.82) is 0 Å². The summed E-state index contributed by atoms with van der Waals surface area (Å²) < 4.78 is 16.9. The lowest BCUT2D eigenvalue weighted by atomic mass is 10.0. The van der Waals surface area contributed by atoms with Crippen LogP contribution in [0.2, 0.25) is 0 Å². The summed E-state index contributed by atoms with van der Waals surface area (Å²) in [5, 5.41) is 3.95. The minimum atomic E-state index is -1.24. The van der Waals surface area contributed by atoms with Crippen LogP contribution < -0.4 is 14.3 Å². The van der Waals surface area contributed by atoms with Gasteiger partial charge in [0, 0.05) is 47.7 Å². The van der Waals surface area contributed by atoms with Crippen LogP contribution in [0.15, 0.2) is 73.1 Å². The van der Waals surface area contributed by atoms with Crippen LogP contribution in [-0.2, 0) is 11.2 Å². The molecule has 1 unspecified atom stereocenters. The number of nitrogens with zero attached hydrogens (tertiary/aromatic N) is 3. The van der Waals surface area contributed by atoms with Crippen molar-refractivity contribution in [3.8, 4) is 11.3 Å². The summed E-state index contributed by atoms with van der Waals surface area (Å²) in [6.07, 6.45) is 4.44. The number of hydrogen-bond donors (Lipinski definition) is 2. The zero-order valence-electron chi connectivity index (χ0n) is 18.1. The lowest BCUT2D eigenvalue weighted by Crippen LogP contribution is -2.42. The van der Waals surface area contributed by atoms with Gasteiger partial charge >= 0.3 is 0 Å². The average molecular weight is 458 g/mol. The minimum Gasteiger partial charge on any atom is -0.322 e. The third-order valence-electron chi connectivity index (χ3n) is 5.66. The van der Waals surface area contributed by atoms with E-state index in [9.17, 15) is 9.00 Å². The maximum atomic E-state index is 12.9. The Morgan fingerprint density at radius 2 is 1.91 bits per heavy atom. The summed E-state index contributed by atoms with van der Waals surface area (Å²) in [7, 11) is 0. The van der Waals surface area contributed by atoms with Gasteiger partial charge in [0.05, 0.1) is 16.9 Å². The molecule has 1 atom stereocenters. The second-order valence-electron chi connectivity index (χ2n) is 7.86. The predicted octanol–water partition coefficient (Wildman–Crippen LogP) is 4.24. The van der Waals surface area contributed by atoms with Gasteiger partial charge in [0.15, 0.2) is 11.2 Å². The van der Waals surface area contributed by atoms with Crippen LogP contribution in [0, 0.1) is 6.92 Å². The van der Waals surface area contributed by atoms with Crippen molar-refractivity contribution < 1.29 is 9.00 Å². The molecular formula is C25H23N5O2S. The van der Waals surface area contributed by atoms with Gasteiger partial charge in [-0.3, -0.25) is 19.1 Å². The standard InChI is InChI=1S/C25H23N5O2S/c1-17-5-8-19(16-22(17)24-21-4-2-12-26-23(21)11-14-27-24)29-25(31)18-6-9-20(10-7-18)30-15-3-13-28-33(30)32/h2,4-12,14,16,28H,3,13,15H2,1H3,(H,29,31). The smallest absolute Gasteiger partial charge is 0.255 e. The highest BCUT2D eigenvalue weighted by Gasteiger charge is 2.18. The van der Waals surface area contributed by atoms with Crippen LogP contribution in [0.3, 0.4) is 0 Å². The molecule has 2 aromatic carbocycles. The summed E-state index contributed by atoms with van der Waals surface area (Å²) in [5.74, 6) is -0.207. The molecule has 4 aromatic rings. The van der Waals surface area contributed by atoms with Crippen LogP contribution >= 0.6 is 0 Å². The Bertz CT molecular complexity index is 1350. The highest BCUT2D eigenvalue weighted by atomic mass is 32.2. The zero-order chi connectivity index (χ0) is 22.8. The molecule has 5 rings (SSSR count). The Morgan fingerprint density at radius 3 is 2.73 bits per heavy atom. The first-order valence-electron chi connectivity index (χ1n) is 10.8. The van der Waals surface area contributed by atoms with Crippen molar-refractivity contribution >= 4 is 39.4 Å². The zero-order valence-corrected chi connectivity index (χ0v) is 18.9. The average Bonchev–Trinajstić information content (AvgIpc) is 2.85. The van der Waals surface area contributed by atoms with Gasteiger partial charge in [-0.15, -0.1) is 0 Å². The van der Waals surface area contributed by atoms with E-state index in [4.69, 9.17) is 0 Å². The molecule has 1 saturated heterocycles. The molecule has 1 fully saturated rings. The van der Waals surface area contributed by atoms with E-state index >= 15 is 0 Å². The third kappa shape index (κ3) is 4.35. The molecule has 7 nitrogen and oxygen atoms in total. The number of fused-ring (bicyclic) bond motifs is 1. The number of nitrogens with one attached hydrogen (secondary N) is 2. The Balaban J connectivity index is 1.39. The fourth-order valence-electron chi connectivity index (χ4n) is 3.92. The summed E-state index contributed by atoms with van der Waals surface area (Å²) in [4.78, 5) is 21.9. The number of hydrogen-bond acceptors (Lipinski definition) is 4. The Kier molecular flexibility index (Phi) is 5.85. The molecule has 2 aromatic heterocycles. The first-order chi connectivity index (χ1) is 16.1. The molecule has 8 heteroatoms. The lowest BCUT2D eigenvalue weighted by molar-refractivity contribution is 0.102. The van der Waals surface area contributed by atoms with E-state index in [-0.39, 0.29) is 5.91 Å². The third-order valence-corrected chi connectivity index (χ3v) is 6.91. The van der Waals surface area contributed by atoms with Gasteiger partial charge in [0.2, 0.25) is 0 Å². The molecule has 1 amide bonds. The SMILES string of the molecule is Cc1ccc(NC(=O)c2ccc(N3CCCNS3=O)cc2)cc1-c1nccc2ncccc12. The first kappa shape index (κ1) is 21.2. The van der Waals surface area contributed by atoms with Crippen LogP contribution in [-0.4, -0.2) is 33.2 Å². The van der Waals surface area contributed by atoms with E-state index < -0.39 is 11.2 Å². The molecule has 0 radical (unpaired) electrons. The Morgan fingerprint density at radius 1 is 1.06 bits per heavy atom. The fourth-order valence-corrected chi connectivity index (χ4v) is 5.01. The van der Waals surface area contributed by atoms with Crippen LogP contribution in [0.4, 0.5) is 11.4 Å². The molecule has 0 aliphatic carbocycles. The number of carbonyl (C=O) groups is 1. The monoisotopic (exact) mass is 457 g/mol. The number of carbonyl (C=O) groups excluding carboxylic acids is 1. The van der Waals surface area contributed by atoms with E-state index in [0.29, 0.717) is 11.3 Å². The summed E-state index contributed by atoms with van der Waals surface area (Å²) >= 11 is -1.24. The highest BCUT2D eigenvalue weighted by Crippen LogP contribution is 2.30. The van der Waals surface area contributed by atoms with Crippen molar-refractivity contribution in [1.82, 2.24) is 14.7 Å². The van der Waals surface area contributed by atoms with Crippen LogP contribution in [0.1, 0.15) is 22.3 Å². The number of benzene rings is 2.